The van der Waals surface area contributed by atoms with E-state index in [0.717, 1.165) is 22.0 Å². The Balaban J connectivity index is 2.08. The predicted octanol–water partition coefficient (Wildman–Crippen LogP) is 3.51. The summed E-state index contributed by atoms with van der Waals surface area (Å²) in [6.45, 7) is 2.64. The van der Waals surface area contributed by atoms with Gasteiger partial charge in [-0.25, -0.2) is 4.39 Å². The molecule has 0 unspecified atom stereocenters. The molecule has 0 radical (unpaired) electrons. The zero-order valence-electron chi connectivity index (χ0n) is 13.9. The number of benzene rings is 2. The van der Waals surface area contributed by atoms with E-state index < -0.39 is 0 Å². The number of nitrogens with zero attached hydrogens (tertiary/aromatic N) is 3. The van der Waals surface area contributed by atoms with Crippen LogP contribution in [0.25, 0.3) is 27.5 Å². The van der Waals surface area contributed by atoms with E-state index >= 15 is 0 Å². The maximum Gasteiger partial charge on any atom is 0.296 e. The Morgan fingerprint density at radius 3 is 2.56 bits per heavy atom. The van der Waals surface area contributed by atoms with E-state index in [-0.39, 0.29) is 11.4 Å². The Bertz CT molecular complexity index is 1140. The van der Waals surface area contributed by atoms with Crippen molar-refractivity contribution in [2.24, 2.45) is 0 Å². The van der Waals surface area contributed by atoms with Crippen molar-refractivity contribution >= 4 is 21.8 Å². The molecule has 0 saturated carbocycles. The van der Waals surface area contributed by atoms with Gasteiger partial charge in [0.05, 0.1) is 19.0 Å². The number of hydrogen-bond acceptors (Lipinski definition) is 3. The van der Waals surface area contributed by atoms with Gasteiger partial charge >= 0.3 is 0 Å². The van der Waals surface area contributed by atoms with Crippen LogP contribution in [0.5, 0.6) is 5.75 Å². The molecule has 0 amide bonds. The van der Waals surface area contributed by atoms with E-state index in [1.165, 1.54) is 28.9 Å². The molecule has 2 aromatic heterocycles. The quantitative estimate of drug-likeness (QED) is 0.575. The Kier molecular flexibility index (Phi) is 3.53. The number of halogens is 1. The molecule has 25 heavy (non-hydrogen) atoms. The topological polar surface area (TPSA) is 49.0 Å². The molecule has 0 aliphatic heterocycles. The van der Waals surface area contributed by atoms with Crippen molar-refractivity contribution < 1.29 is 9.13 Å². The van der Waals surface area contributed by atoms with E-state index in [1.807, 2.05) is 29.7 Å². The van der Waals surface area contributed by atoms with Gasteiger partial charge in [-0.15, -0.1) is 0 Å². The van der Waals surface area contributed by atoms with Crippen molar-refractivity contribution in [3.63, 3.8) is 0 Å². The summed E-state index contributed by atoms with van der Waals surface area (Å²) in [6, 6.07) is 11.4. The number of aryl methyl sites for hydroxylation is 1. The number of fused-ring (bicyclic) bond motifs is 3. The molecule has 0 saturated heterocycles. The molecule has 0 atom stereocenters. The Hall–Kier alpha value is -3.15. The van der Waals surface area contributed by atoms with Crippen LogP contribution in [0.4, 0.5) is 4.39 Å². The van der Waals surface area contributed by atoms with Crippen LogP contribution >= 0.6 is 0 Å². The van der Waals surface area contributed by atoms with Crippen LogP contribution in [0.3, 0.4) is 0 Å². The van der Waals surface area contributed by atoms with E-state index in [4.69, 9.17) is 4.74 Å². The van der Waals surface area contributed by atoms with Crippen LogP contribution < -0.4 is 10.3 Å². The molecule has 4 aromatic rings. The van der Waals surface area contributed by atoms with Crippen LogP contribution in [0.15, 0.2) is 53.5 Å². The fourth-order valence-electron chi connectivity index (χ4n) is 3.21. The van der Waals surface area contributed by atoms with Crippen molar-refractivity contribution in [3.8, 4) is 11.4 Å². The Morgan fingerprint density at radius 2 is 1.88 bits per heavy atom. The highest BCUT2D eigenvalue weighted by molar-refractivity contribution is 6.07. The van der Waals surface area contributed by atoms with Gasteiger partial charge in [0, 0.05) is 22.8 Å². The third-order valence-corrected chi connectivity index (χ3v) is 4.39. The van der Waals surface area contributed by atoms with Crippen molar-refractivity contribution in [1.29, 1.82) is 0 Å². The van der Waals surface area contributed by atoms with Gasteiger partial charge in [0.1, 0.15) is 17.1 Å². The highest BCUT2D eigenvalue weighted by Gasteiger charge is 2.16. The fourth-order valence-corrected chi connectivity index (χ4v) is 3.21. The first-order valence-electron chi connectivity index (χ1n) is 7.98. The van der Waals surface area contributed by atoms with Crippen molar-refractivity contribution in [2.75, 3.05) is 7.11 Å². The predicted molar refractivity (Wildman–Crippen MR) is 95.0 cm³/mol. The lowest BCUT2D eigenvalue weighted by atomic mass is 10.2. The molecule has 0 aliphatic rings. The first kappa shape index (κ1) is 15.4. The zero-order valence-corrected chi connectivity index (χ0v) is 13.9. The lowest BCUT2D eigenvalue weighted by Crippen LogP contribution is -2.22. The van der Waals surface area contributed by atoms with E-state index in [2.05, 4.69) is 5.10 Å². The monoisotopic (exact) mass is 337 g/mol. The Labute approximate surface area is 142 Å². The maximum absolute atomic E-state index is 13.2. The number of rotatable bonds is 3. The summed E-state index contributed by atoms with van der Waals surface area (Å²) in [7, 11) is 1.61. The van der Waals surface area contributed by atoms with Gasteiger partial charge in [-0.2, -0.15) is 9.78 Å². The summed E-state index contributed by atoms with van der Waals surface area (Å²) < 4.78 is 21.7. The summed E-state index contributed by atoms with van der Waals surface area (Å²) in [5.74, 6) is 0.373. The minimum absolute atomic E-state index is 0.235. The molecule has 0 bridgehead atoms. The van der Waals surface area contributed by atoms with Crippen LogP contribution in [0.1, 0.15) is 6.92 Å². The fraction of sp³-hybridized carbons (Fsp3) is 0.158. The standard InChI is InChI=1S/C19H16FN3O2/c1-3-22-17-9-8-14(25-2)10-15(17)16-11-21-23(19(24)18(16)22)13-6-4-12(20)5-7-13/h4-11H,3H2,1-2H3. The molecule has 2 aromatic carbocycles. The van der Waals surface area contributed by atoms with Crippen LogP contribution in [0, 0.1) is 5.82 Å². The lowest BCUT2D eigenvalue weighted by Gasteiger charge is -2.06. The molecular weight excluding hydrogens is 321 g/mol. The number of ether oxygens (including phenoxy) is 1. The average Bonchev–Trinajstić information content (AvgIpc) is 2.96. The number of hydrogen-bond donors (Lipinski definition) is 0. The van der Waals surface area contributed by atoms with Crippen LogP contribution in [-0.2, 0) is 6.54 Å². The van der Waals surface area contributed by atoms with Crippen LogP contribution in [0.2, 0.25) is 0 Å². The SMILES string of the molecule is CCn1c2ccc(OC)cc2c2cnn(-c3ccc(F)cc3)c(=O)c21. The first-order chi connectivity index (χ1) is 12.1. The van der Waals surface area contributed by atoms with Gasteiger partial charge in [-0.1, -0.05) is 0 Å². The van der Waals surface area contributed by atoms with Crippen molar-refractivity contribution in [2.45, 2.75) is 13.5 Å². The second-order valence-corrected chi connectivity index (χ2v) is 5.73. The molecule has 0 spiro atoms. The van der Waals surface area contributed by atoms with Gasteiger partial charge in [0.15, 0.2) is 0 Å². The Morgan fingerprint density at radius 1 is 1.12 bits per heavy atom. The molecule has 5 nitrogen and oxygen atoms in total. The van der Waals surface area contributed by atoms with Crippen molar-refractivity contribution in [3.05, 3.63) is 64.8 Å². The van der Waals surface area contributed by atoms with Crippen molar-refractivity contribution in [1.82, 2.24) is 14.3 Å². The highest BCUT2D eigenvalue weighted by Crippen LogP contribution is 2.29. The second kappa shape index (κ2) is 5.73. The van der Waals surface area contributed by atoms with Gasteiger partial charge in [-0.3, -0.25) is 4.79 Å². The third kappa shape index (κ3) is 2.29. The molecule has 2 heterocycles. The first-order valence-corrected chi connectivity index (χ1v) is 7.98. The molecular formula is C19H16FN3O2. The van der Waals surface area contributed by atoms with Gasteiger partial charge in [0.2, 0.25) is 0 Å². The molecule has 0 aliphatic carbocycles. The number of methoxy groups -OCH3 is 1. The second-order valence-electron chi connectivity index (χ2n) is 5.73. The van der Waals surface area contributed by atoms with Gasteiger partial charge in [-0.05, 0) is 49.4 Å². The molecule has 0 fully saturated rings. The van der Waals surface area contributed by atoms with Crippen LogP contribution in [-0.4, -0.2) is 21.5 Å². The molecule has 0 N–H and O–H groups in total. The van der Waals surface area contributed by atoms with E-state index in [0.29, 0.717) is 17.7 Å². The van der Waals surface area contributed by atoms with E-state index in [1.54, 1.807) is 13.3 Å². The average molecular weight is 337 g/mol. The lowest BCUT2D eigenvalue weighted by molar-refractivity contribution is 0.415. The summed E-state index contributed by atoms with van der Waals surface area (Å²) in [6.07, 6.45) is 1.67. The minimum Gasteiger partial charge on any atom is -0.497 e. The highest BCUT2D eigenvalue weighted by atomic mass is 19.1. The zero-order chi connectivity index (χ0) is 17.6. The maximum atomic E-state index is 13.2. The molecule has 6 heteroatoms. The van der Waals surface area contributed by atoms with Gasteiger partial charge < -0.3 is 9.30 Å². The summed E-state index contributed by atoms with van der Waals surface area (Å²) >= 11 is 0. The largest absolute Gasteiger partial charge is 0.497 e. The minimum atomic E-state index is -0.354. The normalized spacial score (nSPS) is 11.3. The third-order valence-electron chi connectivity index (χ3n) is 4.39. The molecule has 126 valence electrons. The van der Waals surface area contributed by atoms with E-state index in [9.17, 15) is 9.18 Å². The summed E-state index contributed by atoms with van der Waals surface area (Å²) in [5.41, 5.74) is 1.82. The summed E-state index contributed by atoms with van der Waals surface area (Å²) in [5, 5.41) is 5.99. The number of aromatic nitrogens is 3. The molecule has 4 rings (SSSR count). The summed E-state index contributed by atoms with van der Waals surface area (Å²) in [4.78, 5) is 13.1. The van der Waals surface area contributed by atoms with Gasteiger partial charge in [0.25, 0.3) is 5.56 Å². The smallest absolute Gasteiger partial charge is 0.296 e.